The molecule has 0 aliphatic heterocycles. The number of methoxy groups -OCH3 is 3. The van der Waals surface area contributed by atoms with Gasteiger partial charge in [-0.15, -0.1) is 0 Å². The highest BCUT2D eigenvalue weighted by Crippen LogP contribution is 2.27. The van der Waals surface area contributed by atoms with E-state index >= 15 is 0 Å². The minimum atomic E-state index is -0.262. The van der Waals surface area contributed by atoms with Crippen LogP contribution in [0.4, 0.5) is 4.39 Å². The van der Waals surface area contributed by atoms with E-state index in [1.165, 1.54) is 12.1 Å². The molecule has 0 fully saturated rings. The van der Waals surface area contributed by atoms with Crippen LogP contribution in [0.15, 0.2) is 47.5 Å². The zero-order valence-corrected chi connectivity index (χ0v) is 17.7. The van der Waals surface area contributed by atoms with E-state index < -0.39 is 0 Å². The lowest BCUT2D eigenvalue weighted by Crippen LogP contribution is -2.41. The van der Waals surface area contributed by atoms with Gasteiger partial charge in [-0.1, -0.05) is 18.2 Å². The summed E-state index contributed by atoms with van der Waals surface area (Å²) < 4.78 is 29.3. The second kappa shape index (κ2) is 11.3. The molecule has 2 rings (SSSR count). The van der Waals surface area contributed by atoms with Crippen LogP contribution < -0.4 is 14.8 Å². The molecule has 7 heteroatoms. The number of ether oxygens (including phenoxy) is 3. The van der Waals surface area contributed by atoms with Crippen LogP contribution in [-0.4, -0.2) is 59.4 Å². The second-order valence-electron chi connectivity index (χ2n) is 6.56. The maximum atomic E-state index is 13.1. The van der Waals surface area contributed by atoms with Gasteiger partial charge >= 0.3 is 0 Å². The average molecular weight is 403 g/mol. The van der Waals surface area contributed by atoms with Gasteiger partial charge < -0.3 is 24.4 Å². The quantitative estimate of drug-likeness (QED) is 0.514. The van der Waals surface area contributed by atoms with Crippen LogP contribution in [0.2, 0.25) is 0 Å². The number of rotatable bonds is 9. The van der Waals surface area contributed by atoms with E-state index in [4.69, 9.17) is 14.2 Å². The molecular formula is C22H30FN3O3. The van der Waals surface area contributed by atoms with Gasteiger partial charge in [0.1, 0.15) is 5.82 Å². The number of nitrogens with one attached hydrogen (secondary N) is 1. The summed E-state index contributed by atoms with van der Waals surface area (Å²) in [5, 5.41) is 3.32. The van der Waals surface area contributed by atoms with E-state index in [-0.39, 0.29) is 11.9 Å². The van der Waals surface area contributed by atoms with Crippen molar-refractivity contribution >= 4 is 5.96 Å². The first kappa shape index (κ1) is 22.5. The van der Waals surface area contributed by atoms with Gasteiger partial charge in [-0.3, -0.25) is 4.99 Å². The molecule has 1 unspecified atom stereocenters. The first-order valence-electron chi connectivity index (χ1n) is 9.43. The molecule has 6 nitrogen and oxygen atoms in total. The molecule has 2 aromatic rings. The Bertz CT molecular complexity index is 796. The molecule has 0 aromatic heterocycles. The molecule has 1 atom stereocenters. The molecule has 0 saturated carbocycles. The van der Waals surface area contributed by atoms with Crippen LogP contribution in [-0.2, 0) is 11.2 Å². The highest BCUT2D eigenvalue weighted by Gasteiger charge is 2.14. The number of halogens is 1. The van der Waals surface area contributed by atoms with Crippen molar-refractivity contribution in [2.24, 2.45) is 4.99 Å². The smallest absolute Gasteiger partial charge is 0.193 e. The van der Waals surface area contributed by atoms with E-state index in [1.54, 1.807) is 40.5 Å². The van der Waals surface area contributed by atoms with Crippen LogP contribution in [0.5, 0.6) is 11.5 Å². The third-order valence-electron chi connectivity index (χ3n) is 4.73. The van der Waals surface area contributed by atoms with Gasteiger partial charge in [-0.2, -0.15) is 0 Å². The van der Waals surface area contributed by atoms with Crippen molar-refractivity contribution in [2.45, 2.75) is 12.5 Å². The molecule has 1 N–H and O–H groups in total. The van der Waals surface area contributed by atoms with Crippen molar-refractivity contribution < 1.29 is 18.6 Å². The zero-order chi connectivity index (χ0) is 21.2. The van der Waals surface area contributed by atoms with Crippen molar-refractivity contribution in [2.75, 3.05) is 48.5 Å². The summed E-state index contributed by atoms with van der Waals surface area (Å²) in [7, 11) is 8.62. The normalized spacial score (nSPS) is 12.4. The summed E-state index contributed by atoms with van der Waals surface area (Å²) in [4.78, 5) is 6.40. The van der Waals surface area contributed by atoms with Gasteiger partial charge in [0.25, 0.3) is 0 Å². The predicted octanol–water partition coefficient (Wildman–Crippen LogP) is 3.28. The minimum absolute atomic E-state index is 0.202. The second-order valence-corrected chi connectivity index (χ2v) is 6.56. The summed E-state index contributed by atoms with van der Waals surface area (Å²) in [6.07, 6.45) is 0.620. The predicted molar refractivity (Wildman–Crippen MR) is 113 cm³/mol. The molecule has 0 heterocycles. The van der Waals surface area contributed by atoms with E-state index in [9.17, 15) is 4.39 Å². The Hall–Kier alpha value is -2.80. The van der Waals surface area contributed by atoms with E-state index in [1.807, 2.05) is 30.1 Å². The highest BCUT2D eigenvalue weighted by molar-refractivity contribution is 5.79. The molecule has 0 spiro atoms. The largest absolute Gasteiger partial charge is 0.493 e. The topological polar surface area (TPSA) is 55.3 Å². The Morgan fingerprint density at radius 2 is 1.76 bits per heavy atom. The Morgan fingerprint density at radius 1 is 1.07 bits per heavy atom. The molecule has 0 saturated heterocycles. The summed E-state index contributed by atoms with van der Waals surface area (Å²) in [5.41, 5.74) is 2.05. The summed E-state index contributed by atoms with van der Waals surface area (Å²) in [5.74, 6) is 1.93. The molecule has 2 aromatic carbocycles. The van der Waals surface area contributed by atoms with Crippen molar-refractivity contribution in [1.82, 2.24) is 10.2 Å². The third kappa shape index (κ3) is 6.35. The van der Waals surface area contributed by atoms with Crippen LogP contribution in [0, 0.1) is 5.82 Å². The molecule has 158 valence electrons. The molecule has 0 amide bonds. The van der Waals surface area contributed by atoms with Crippen LogP contribution in [0.25, 0.3) is 0 Å². The highest BCUT2D eigenvalue weighted by atomic mass is 19.1. The first-order chi connectivity index (χ1) is 14.0. The summed E-state index contributed by atoms with van der Waals surface area (Å²) >= 11 is 0. The van der Waals surface area contributed by atoms with Gasteiger partial charge in [0.15, 0.2) is 17.5 Å². The molecule has 0 aliphatic carbocycles. The average Bonchev–Trinajstić information content (AvgIpc) is 2.75. The molecule has 29 heavy (non-hydrogen) atoms. The van der Waals surface area contributed by atoms with E-state index in [0.29, 0.717) is 12.3 Å². The van der Waals surface area contributed by atoms with Gasteiger partial charge in [0.2, 0.25) is 0 Å². The van der Waals surface area contributed by atoms with Gasteiger partial charge in [0.05, 0.1) is 20.3 Å². The fraction of sp³-hybridized carbons (Fsp3) is 0.409. The van der Waals surface area contributed by atoms with Crippen LogP contribution in [0.1, 0.15) is 17.2 Å². The molecular weight excluding hydrogens is 373 g/mol. The Kier molecular flexibility index (Phi) is 8.73. The van der Waals surface area contributed by atoms with Crippen molar-refractivity contribution in [1.29, 1.82) is 0 Å². The third-order valence-corrected chi connectivity index (χ3v) is 4.73. The van der Waals surface area contributed by atoms with Crippen LogP contribution >= 0.6 is 0 Å². The van der Waals surface area contributed by atoms with Gasteiger partial charge in [-0.05, 0) is 41.8 Å². The first-order valence-corrected chi connectivity index (χ1v) is 9.43. The number of aliphatic imine (C=N–C) groups is 1. The summed E-state index contributed by atoms with van der Waals surface area (Å²) in [6, 6.07) is 12.3. The van der Waals surface area contributed by atoms with E-state index in [2.05, 4.69) is 10.3 Å². The SMILES string of the molecule is CN=C(NCC(OC)c1ccc(F)cc1)N(C)CCc1ccc(OC)c(OC)c1. The maximum Gasteiger partial charge on any atom is 0.193 e. The van der Waals surface area contributed by atoms with E-state index in [0.717, 1.165) is 35.8 Å². The molecule has 0 bridgehead atoms. The number of hydrogen-bond acceptors (Lipinski definition) is 4. The Morgan fingerprint density at radius 3 is 2.34 bits per heavy atom. The van der Waals surface area contributed by atoms with Gasteiger partial charge in [0, 0.05) is 34.3 Å². The maximum absolute atomic E-state index is 13.1. The number of likely N-dealkylation sites (N-methyl/N-ethyl adjacent to an activating group) is 1. The van der Waals surface area contributed by atoms with Crippen molar-refractivity contribution in [3.05, 3.63) is 59.4 Å². The molecule has 0 radical (unpaired) electrons. The Balaban J connectivity index is 1.93. The fourth-order valence-corrected chi connectivity index (χ4v) is 3.02. The Labute approximate surface area is 172 Å². The molecule has 0 aliphatic rings. The monoisotopic (exact) mass is 403 g/mol. The number of benzene rings is 2. The van der Waals surface area contributed by atoms with Crippen LogP contribution in [0.3, 0.4) is 0 Å². The number of hydrogen-bond donors (Lipinski definition) is 1. The number of guanidine groups is 1. The zero-order valence-electron chi connectivity index (χ0n) is 17.7. The lowest BCUT2D eigenvalue weighted by molar-refractivity contribution is 0.106. The summed E-state index contributed by atoms with van der Waals surface area (Å²) in [6.45, 7) is 1.29. The van der Waals surface area contributed by atoms with Crippen molar-refractivity contribution in [3.8, 4) is 11.5 Å². The lowest BCUT2D eigenvalue weighted by atomic mass is 10.1. The minimum Gasteiger partial charge on any atom is -0.493 e. The van der Waals surface area contributed by atoms with Gasteiger partial charge in [-0.25, -0.2) is 4.39 Å². The lowest BCUT2D eigenvalue weighted by Gasteiger charge is -2.24. The number of nitrogens with zero attached hydrogens (tertiary/aromatic N) is 2. The van der Waals surface area contributed by atoms with Crippen molar-refractivity contribution in [3.63, 3.8) is 0 Å². The standard InChI is InChI=1S/C22H30FN3O3/c1-24-22(25-15-21(29-5)17-7-9-18(23)10-8-17)26(2)13-12-16-6-11-19(27-3)20(14-16)28-4/h6-11,14,21H,12-13,15H2,1-5H3,(H,24,25). The fourth-order valence-electron chi connectivity index (χ4n) is 3.02.